The fourth-order valence-electron chi connectivity index (χ4n) is 1.68. The molecule has 1 aromatic carbocycles. The average molecular weight is 323 g/mol. The molecule has 1 atom stereocenters. The molecule has 0 aliphatic heterocycles. The van der Waals surface area contributed by atoms with Crippen molar-refractivity contribution in [3.63, 3.8) is 0 Å². The Labute approximate surface area is 132 Å². The van der Waals surface area contributed by atoms with Gasteiger partial charge in [0.05, 0.1) is 10.9 Å². The first-order valence-electron chi connectivity index (χ1n) is 6.96. The number of thioether (sulfide) groups is 1. The molecule has 2 rings (SSSR count). The maximum atomic E-state index is 13.3. The van der Waals surface area contributed by atoms with E-state index in [1.54, 1.807) is 19.1 Å². The van der Waals surface area contributed by atoms with Gasteiger partial charge in [-0.1, -0.05) is 31.7 Å². The minimum Gasteiger partial charge on any atom is -0.355 e. The predicted molar refractivity (Wildman–Crippen MR) is 82.3 cm³/mol. The van der Waals surface area contributed by atoms with Crippen LogP contribution in [0, 0.1) is 11.7 Å². The summed E-state index contributed by atoms with van der Waals surface area (Å²) >= 11 is 1.23. The minimum absolute atomic E-state index is 0.0764. The highest BCUT2D eigenvalue weighted by Gasteiger charge is 2.19. The number of halogens is 1. The van der Waals surface area contributed by atoms with Crippen LogP contribution in [-0.2, 0) is 4.79 Å². The summed E-state index contributed by atoms with van der Waals surface area (Å²) in [7, 11) is 0. The third kappa shape index (κ3) is 4.27. The predicted octanol–water partition coefficient (Wildman–Crippen LogP) is 2.05. The van der Waals surface area contributed by atoms with Crippen molar-refractivity contribution in [1.29, 1.82) is 0 Å². The Morgan fingerprint density at radius 2 is 2.18 bits per heavy atom. The zero-order valence-corrected chi connectivity index (χ0v) is 13.5. The molecule has 1 amide bonds. The summed E-state index contributed by atoms with van der Waals surface area (Å²) in [5.74, 6) is -0.0575. The van der Waals surface area contributed by atoms with Crippen molar-refractivity contribution >= 4 is 17.7 Å². The second-order valence-corrected chi connectivity index (χ2v) is 6.56. The number of rotatable bonds is 6. The van der Waals surface area contributed by atoms with Crippen LogP contribution in [-0.4, -0.2) is 37.9 Å². The van der Waals surface area contributed by atoms with Gasteiger partial charge in [-0.2, -0.15) is 4.68 Å². The molecule has 1 aromatic heterocycles. The van der Waals surface area contributed by atoms with Crippen molar-refractivity contribution in [2.75, 3.05) is 6.54 Å². The number of aromatic nitrogens is 4. The molecule has 22 heavy (non-hydrogen) atoms. The fraction of sp³-hybridized carbons (Fsp3) is 0.429. The van der Waals surface area contributed by atoms with Crippen LogP contribution in [0.15, 0.2) is 29.4 Å². The molecule has 0 saturated heterocycles. The average Bonchev–Trinajstić information content (AvgIpc) is 2.92. The molecule has 1 heterocycles. The van der Waals surface area contributed by atoms with E-state index in [-0.39, 0.29) is 17.0 Å². The number of carbonyl (C=O) groups excluding carboxylic acids is 1. The van der Waals surface area contributed by atoms with Crippen molar-refractivity contribution in [2.24, 2.45) is 5.92 Å². The SMILES string of the molecule is CC(C)CNC(=O)C(C)Sc1nnnn1-c1cccc(F)c1. The molecule has 6 nitrogen and oxygen atoms in total. The lowest BCUT2D eigenvalue weighted by molar-refractivity contribution is -0.120. The molecule has 0 bridgehead atoms. The maximum absolute atomic E-state index is 13.3. The topological polar surface area (TPSA) is 72.7 Å². The number of nitrogens with one attached hydrogen (secondary N) is 1. The van der Waals surface area contributed by atoms with Gasteiger partial charge in [0.1, 0.15) is 5.82 Å². The number of benzene rings is 1. The molecule has 0 fully saturated rings. The van der Waals surface area contributed by atoms with E-state index >= 15 is 0 Å². The van der Waals surface area contributed by atoms with Gasteiger partial charge in [0, 0.05) is 6.54 Å². The van der Waals surface area contributed by atoms with Gasteiger partial charge < -0.3 is 5.32 Å². The smallest absolute Gasteiger partial charge is 0.233 e. The van der Waals surface area contributed by atoms with Crippen LogP contribution in [0.25, 0.3) is 5.69 Å². The van der Waals surface area contributed by atoms with Crippen LogP contribution in [0.2, 0.25) is 0 Å². The molecule has 8 heteroatoms. The minimum atomic E-state index is -0.369. The first kappa shape index (κ1) is 16.4. The molecule has 0 radical (unpaired) electrons. The summed E-state index contributed by atoms with van der Waals surface area (Å²) in [6.45, 7) is 6.47. The third-order valence-corrected chi connectivity index (χ3v) is 3.86. The van der Waals surface area contributed by atoms with E-state index in [0.717, 1.165) is 0 Å². The highest BCUT2D eigenvalue weighted by Crippen LogP contribution is 2.23. The van der Waals surface area contributed by atoms with Crippen LogP contribution in [0.1, 0.15) is 20.8 Å². The molecule has 0 aliphatic carbocycles. The Hall–Kier alpha value is -1.96. The maximum Gasteiger partial charge on any atom is 0.233 e. The standard InChI is InChI=1S/C14H18FN5OS/c1-9(2)8-16-13(21)10(3)22-14-17-18-19-20(14)12-6-4-5-11(15)7-12/h4-7,9-10H,8H2,1-3H3,(H,16,21). The summed E-state index contributed by atoms with van der Waals surface area (Å²) in [4.78, 5) is 12.0. The molecule has 0 aliphatic rings. The molecule has 2 aromatic rings. The van der Waals surface area contributed by atoms with Crippen molar-refractivity contribution in [2.45, 2.75) is 31.2 Å². The van der Waals surface area contributed by atoms with Gasteiger partial charge in [-0.25, -0.2) is 4.39 Å². The van der Waals surface area contributed by atoms with Crippen LogP contribution in [0.4, 0.5) is 4.39 Å². The monoisotopic (exact) mass is 323 g/mol. The largest absolute Gasteiger partial charge is 0.355 e. The van der Waals surface area contributed by atoms with Crippen LogP contribution >= 0.6 is 11.8 Å². The number of hydrogen-bond donors (Lipinski definition) is 1. The number of nitrogens with zero attached hydrogens (tertiary/aromatic N) is 4. The first-order chi connectivity index (χ1) is 10.5. The van der Waals surface area contributed by atoms with Gasteiger partial charge in [-0.3, -0.25) is 4.79 Å². The van der Waals surface area contributed by atoms with E-state index in [1.165, 1.54) is 28.6 Å². The van der Waals surface area contributed by atoms with E-state index in [1.807, 2.05) is 13.8 Å². The van der Waals surface area contributed by atoms with E-state index in [4.69, 9.17) is 0 Å². The zero-order chi connectivity index (χ0) is 16.1. The Morgan fingerprint density at radius 1 is 1.41 bits per heavy atom. The van der Waals surface area contributed by atoms with Gasteiger partial charge in [-0.05, 0) is 41.5 Å². The molecular weight excluding hydrogens is 305 g/mol. The van der Waals surface area contributed by atoms with Gasteiger partial charge in [0.15, 0.2) is 0 Å². The summed E-state index contributed by atoms with van der Waals surface area (Å²) in [5, 5.41) is 14.3. The Bertz CT molecular complexity index is 646. The van der Waals surface area contributed by atoms with Crippen molar-refractivity contribution in [3.05, 3.63) is 30.1 Å². The molecule has 0 spiro atoms. The Balaban J connectivity index is 2.08. The van der Waals surface area contributed by atoms with Gasteiger partial charge in [0.2, 0.25) is 11.1 Å². The summed E-state index contributed by atoms with van der Waals surface area (Å²) in [5.41, 5.74) is 0.516. The van der Waals surface area contributed by atoms with E-state index in [9.17, 15) is 9.18 Å². The zero-order valence-electron chi connectivity index (χ0n) is 12.7. The normalized spacial score (nSPS) is 12.4. The summed E-state index contributed by atoms with van der Waals surface area (Å²) in [6.07, 6.45) is 0. The van der Waals surface area contributed by atoms with Crippen molar-refractivity contribution < 1.29 is 9.18 Å². The lowest BCUT2D eigenvalue weighted by atomic mass is 10.2. The fourth-order valence-corrected chi connectivity index (χ4v) is 2.51. The highest BCUT2D eigenvalue weighted by atomic mass is 32.2. The number of tetrazole rings is 1. The van der Waals surface area contributed by atoms with E-state index in [2.05, 4.69) is 20.8 Å². The number of hydrogen-bond acceptors (Lipinski definition) is 5. The molecule has 118 valence electrons. The summed E-state index contributed by atoms with van der Waals surface area (Å²) in [6, 6.07) is 5.97. The number of amides is 1. The van der Waals surface area contributed by atoms with Crippen LogP contribution in [0.3, 0.4) is 0 Å². The quantitative estimate of drug-likeness (QED) is 0.824. The Morgan fingerprint density at radius 3 is 2.86 bits per heavy atom. The highest BCUT2D eigenvalue weighted by molar-refractivity contribution is 8.00. The first-order valence-corrected chi connectivity index (χ1v) is 7.84. The molecule has 0 saturated carbocycles. The molecule has 1 unspecified atom stereocenters. The van der Waals surface area contributed by atoms with Crippen molar-refractivity contribution in [1.82, 2.24) is 25.5 Å². The van der Waals surface area contributed by atoms with Gasteiger partial charge >= 0.3 is 0 Å². The number of carbonyl (C=O) groups is 1. The third-order valence-electron chi connectivity index (χ3n) is 2.83. The Kier molecular flexibility index (Phi) is 5.48. The second kappa shape index (κ2) is 7.35. The van der Waals surface area contributed by atoms with Crippen LogP contribution < -0.4 is 5.32 Å². The second-order valence-electron chi connectivity index (χ2n) is 5.25. The van der Waals surface area contributed by atoms with E-state index in [0.29, 0.717) is 23.3 Å². The molecular formula is C14H18FN5OS. The lowest BCUT2D eigenvalue weighted by Gasteiger charge is -2.12. The van der Waals surface area contributed by atoms with Crippen LogP contribution in [0.5, 0.6) is 0 Å². The lowest BCUT2D eigenvalue weighted by Crippen LogP contribution is -2.33. The van der Waals surface area contributed by atoms with Gasteiger partial charge in [0.25, 0.3) is 0 Å². The van der Waals surface area contributed by atoms with Crippen molar-refractivity contribution in [3.8, 4) is 5.69 Å². The summed E-state index contributed by atoms with van der Waals surface area (Å²) < 4.78 is 14.7. The van der Waals surface area contributed by atoms with E-state index < -0.39 is 0 Å². The van der Waals surface area contributed by atoms with Gasteiger partial charge in [-0.15, -0.1) is 5.10 Å². The molecule has 1 N–H and O–H groups in total.